The molecule has 0 fully saturated rings. The summed E-state index contributed by atoms with van der Waals surface area (Å²) in [6.07, 6.45) is 0. The Morgan fingerprint density at radius 2 is 2.28 bits per heavy atom. The third-order valence-corrected chi connectivity index (χ3v) is 2.94. The molecule has 0 aliphatic carbocycles. The summed E-state index contributed by atoms with van der Waals surface area (Å²) in [5, 5.41) is 12.6. The first-order valence-corrected chi connectivity index (χ1v) is 5.82. The van der Waals surface area contributed by atoms with Crippen molar-refractivity contribution in [2.24, 2.45) is 0 Å². The number of phenols is 1. The highest BCUT2D eigenvalue weighted by Gasteiger charge is 2.48. The van der Waals surface area contributed by atoms with Gasteiger partial charge in [-0.05, 0) is 26.0 Å². The van der Waals surface area contributed by atoms with Crippen molar-refractivity contribution in [3.8, 4) is 11.5 Å². The number of carbonyl (C=O) groups is 1. The van der Waals surface area contributed by atoms with Crippen LogP contribution in [0.5, 0.6) is 11.5 Å². The number of ether oxygens (including phenoxy) is 2. The zero-order valence-corrected chi connectivity index (χ0v) is 10.7. The molecule has 2 rings (SSSR count). The van der Waals surface area contributed by atoms with E-state index in [4.69, 9.17) is 9.47 Å². The van der Waals surface area contributed by atoms with E-state index in [1.165, 1.54) is 19.2 Å². The van der Waals surface area contributed by atoms with Gasteiger partial charge in [0, 0.05) is 17.7 Å². The summed E-state index contributed by atoms with van der Waals surface area (Å²) in [5.41, 5.74) is -0.299. The molecule has 0 aromatic heterocycles. The molecule has 1 aliphatic rings. The molecule has 0 amide bonds. The van der Waals surface area contributed by atoms with Crippen molar-refractivity contribution >= 4 is 5.97 Å². The summed E-state index contributed by atoms with van der Waals surface area (Å²) in [6.45, 7) is 4.06. The van der Waals surface area contributed by atoms with Crippen molar-refractivity contribution in [1.29, 1.82) is 0 Å². The Hall–Kier alpha value is -1.75. The molecular formula is C13H17NO4. The smallest absolute Gasteiger partial charge is 0.334 e. The highest BCUT2D eigenvalue weighted by molar-refractivity contribution is 5.85. The quantitative estimate of drug-likeness (QED) is 0.789. The number of fused-ring (bicyclic) bond motifs is 1. The van der Waals surface area contributed by atoms with E-state index in [2.05, 4.69) is 5.32 Å². The Morgan fingerprint density at radius 3 is 2.89 bits per heavy atom. The van der Waals surface area contributed by atoms with Crippen LogP contribution in [-0.2, 0) is 15.1 Å². The molecule has 1 unspecified atom stereocenters. The van der Waals surface area contributed by atoms with Gasteiger partial charge in [-0.15, -0.1) is 0 Å². The van der Waals surface area contributed by atoms with Gasteiger partial charge in [-0.2, -0.15) is 0 Å². The summed E-state index contributed by atoms with van der Waals surface area (Å²) < 4.78 is 10.4. The molecule has 18 heavy (non-hydrogen) atoms. The van der Waals surface area contributed by atoms with Crippen LogP contribution >= 0.6 is 0 Å². The Morgan fingerprint density at radius 1 is 1.56 bits per heavy atom. The number of aromatic hydroxyl groups is 1. The predicted octanol–water partition coefficient (Wildman–Crippen LogP) is 1.15. The van der Waals surface area contributed by atoms with Crippen LogP contribution in [0.2, 0.25) is 0 Å². The van der Waals surface area contributed by atoms with Gasteiger partial charge in [0.05, 0.1) is 7.11 Å². The molecule has 0 saturated heterocycles. The van der Waals surface area contributed by atoms with Crippen LogP contribution in [0.4, 0.5) is 0 Å². The predicted molar refractivity (Wildman–Crippen MR) is 65.6 cm³/mol. The molecule has 0 saturated carbocycles. The van der Waals surface area contributed by atoms with Gasteiger partial charge in [0.25, 0.3) is 0 Å². The standard InChI is InChI=1S/C13H17NO4/c1-8(2)14-13(12(16)17-3)7-18-11-6-9(15)4-5-10(11)13/h4-6,8,14-15H,7H2,1-3H3. The van der Waals surface area contributed by atoms with Gasteiger partial charge in [-0.25, -0.2) is 4.79 Å². The lowest BCUT2D eigenvalue weighted by molar-refractivity contribution is -0.150. The van der Waals surface area contributed by atoms with E-state index in [0.29, 0.717) is 11.3 Å². The van der Waals surface area contributed by atoms with E-state index in [1.54, 1.807) is 6.07 Å². The van der Waals surface area contributed by atoms with Gasteiger partial charge < -0.3 is 14.6 Å². The van der Waals surface area contributed by atoms with Crippen molar-refractivity contribution in [2.45, 2.75) is 25.4 Å². The SMILES string of the molecule is COC(=O)C1(NC(C)C)COc2cc(O)ccc21. The number of carbonyl (C=O) groups excluding carboxylic acids is 1. The maximum Gasteiger partial charge on any atom is 0.334 e. The highest BCUT2D eigenvalue weighted by Crippen LogP contribution is 2.40. The van der Waals surface area contributed by atoms with Gasteiger partial charge in [0.2, 0.25) is 0 Å². The number of phenolic OH excluding ortho intramolecular Hbond substituents is 1. The number of rotatable bonds is 3. The number of benzene rings is 1. The topological polar surface area (TPSA) is 67.8 Å². The molecule has 0 bridgehead atoms. The van der Waals surface area contributed by atoms with Crippen LogP contribution in [0.3, 0.4) is 0 Å². The van der Waals surface area contributed by atoms with Gasteiger partial charge in [0.1, 0.15) is 18.1 Å². The van der Waals surface area contributed by atoms with Gasteiger partial charge >= 0.3 is 5.97 Å². The summed E-state index contributed by atoms with van der Waals surface area (Å²) in [6, 6.07) is 4.81. The number of hydrogen-bond donors (Lipinski definition) is 2. The molecule has 5 heteroatoms. The molecule has 1 aromatic rings. The summed E-state index contributed by atoms with van der Waals surface area (Å²) in [4.78, 5) is 12.1. The third kappa shape index (κ3) is 1.90. The second-order valence-electron chi connectivity index (χ2n) is 4.67. The van der Waals surface area contributed by atoms with Gasteiger partial charge in [-0.1, -0.05) is 0 Å². The minimum atomic E-state index is -0.994. The Labute approximate surface area is 106 Å². The summed E-state index contributed by atoms with van der Waals surface area (Å²) >= 11 is 0. The number of methoxy groups -OCH3 is 1. The van der Waals surface area contributed by atoms with Crippen LogP contribution in [0, 0.1) is 0 Å². The monoisotopic (exact) mass is 251 g/mol. The lowest BCUT2D eigenvalue weighted by atomic mass is 9.91. The second-order valence-corrected chi connectivity index (χ2v) is 4.67. The first-order chi connectivity index (χ1) is 8.49. The molecule has 5 nitrogen and oxygen atoms in total. The van der Waals surface area contributed by atoms with Crippen molar-refractivity contribution in [3.63, 3.8) is 0 Å². The maximum atomic E-state index is 12.1. The van der Waals surface area contributed by atoms with Crippen molar-refractivity contribution in [3.05, 3.63) is 23.8 Å². The molecule has 98 valence electrons. The summed E-state index contributed by atoms with van der Waals surface area (Å²) in [5.74, 6) is 0.230. The van der Waals surface area contributed by atoms with Crippen LogP contribution < -0.4 is 10.1 Å². The lowest BCUT2D eigenvalue weighted by Gasteiger charge is -2.28. The van der Waals surface area contributed by atoms with Crippen molar-refractivity contribution in [1.82, 2.24) is 5.32 Å². The fraction of sp³-hybridized carbons (Fsp3) is 0.462. The first-order valence-electron chi connectivity index (χ1n) is 5.82. The average molecular weight is 251 g/mol. The Kier molecular flexibility index (Phi) is 3.17. The Balaban J connectivity index is 2.49. The normalized spacial score (nSPS) is 21.6. The molecule has 1 atom stereocenters. The minimum absolute atomic E-state index is 0.0902. The van der Waals surface area contributed by atoms with Crippen molar-refractivity contribution < 1.29 is 19.4 Å². The summed E-state index contributed by atoms with van der Waals surface area (Å²) in [7, 11) is 1.35. The lowest BCUT2D eigenvalue weighted by Crippen LogP contribution is -2.53. The zero-order chi connectivity index (χ0) is 13.3. The van der Waals surface area contributed by atoms with Gasteiger partial charge in [0.15, 0.2) is 5.54 Å². The zero-order valence-electron chi connectivity index (χ0n) is 10.7. The van der Waals surface area contributed by atoms with E-state index in [9.17, 15) is 9.90 Å². The van der Waals surface area contributed by atoms with E-state index in [1.807, 2.05) is 13.8 Å². The van der Waals surface area contributed by atoms with Gasteiger partial charge in [-0.3, -0.25) is 5.32 Å². The molecule has 1 heterocycles. The van der Waals surface area contributed by atoms with E-state index in [-0.39, 0.29) is 24.4 Å². The number of hydrogen-bond acceptors (Lipinski definition) is 5. The minimum Gasteiger partial charge on any atom is -0.508 e. The van der Waals surface area contributed by atoms with E-state index in [0.717, 1.165) is 0 Å². The fourth-order valence-electron chi connectivity index (χ4n) is 2.26. The molecular weight excluding hydrogens is 234 g/mol. The first kappa shape index (κ1) is 12.7. The van der Waals surface area contributed by atoms with E-state index < -0.39 is 5.54 Å². The molecule has 1 aliphatic heterocycles. The third-order valence-electron chi connectivity index (χ3n) is 2.94. The average Bonchev–Trinajstić information content (AvgIpc) is 2.66. The fourth-order valence-corrected chi connectivity index (χ4v) is 2.26. The number of nitrogens with one attached hydrogen (secondary N) is 1. The highest BCUT2D eigenvalue weighted by atomic mass is 16.5. The molecule has 1 aromatic carbocycles. The van der Waals surface area contributed by atoms with Crippen LogP contribution in [0.25, 0.3) is 0 Å². The second kappa shape index (κ2) is 4.49. The molecule has 0 spiro atoms. The number of esters is 1. The van der Waals surface area contributed by atoms with Crippen molar-refractivity contribution in [2.75, 3.05) is 13.7 Å². The van der Waals surface area contributed by atoms with Crippen LogP contribution in [-0.4, -0.2) is 30.8 Å². The van der Waals surface area contributed by atoms with Crippen LogP contribution in [0.15, 0.2) is 18.2 Å². The van der Waals surface area contributed by atoms with Crippen LogP contribution in [0.1, 0.15) is 19.4 Å². The molecule has 2 N–H and O–H groups in total. The van der Waals surface area contributed by atoms with E-state index >= 15 is 0 Å². The Bertz CT molecular complexity index is 472. The maximum absolute atomic E-state index is 12.1. The molecule has 0 radical (unpaired) electrons. The largest absolute Gasteiger partial charge is 0.508 e.